The second-order valence-electron chi connectivity index (χ2n) is 11.0. The Morgan fingerprint density at radius 3 is 2.12 bits per heavy atom. The van der Waals surface area contributed by atoms with E-state index in [9.17, 15) is 14.0 Å². The van der Waals surface area contributed by atoms with Gasteiger partial charge in [0.1, 0.15) is 5.82 Å². The fourth-order valence-corrected chi connectivity index (χ4v) is 4.95. The highest BCUT2D eigenvalue weighted by Gasteiger charge is 2.24. The number of unbranched alkanes of at least 4 members (excludes halogenated alkanes) is 6. The van der Waals surface area contributed by atoms with Crippen LogP contribution in [0.2, 0.25) is 0 Å². The molecule has 0 aliphatic rings. The van der Waals surface area contributed by atoms with Gasteiger partial charge in [-0.2, -0.15) is 0 Å². The van der Waals surface area contributed by atoms with E-state index in [-0.39, 0.29) is 30.2 Å². The molecule has 0 saturated carbocycles. The molecule has 1 heterocycles. The average molecular weight is 548 g/mol. The maximum Gasteiger partial charge on any atom is 0.242 e. The van der Waals surface area contributed by atoms with Gasteiger partial charge in [0, 0.05) is 37.4 Å². The van der Waals surface area contributed by atoms with Crippen LogP contribution in [-0.4, -0.2) is 38.8 Å². The summed E-state index contributed by atoms with van der Waals surface area (Å²) in [6.07, 6.45) is 10.6. The summed E-state index contributed by atoms with van der Waals surface area (Å²) in [5.74, 6) is -0.274. The van der Waals surface area contributed by atoms with Crippen molar-refractivity contribution in [2.45, 2.75) is 97.8 Å². The van der Waals surface area contributed by atoms with Crippen molar-refractivity contribution in [3.05, 3.63) is 95.6 Å². The van der Waals surface area contributed by atoms with Crippen molar-refractivity contribution in [2.75, 3.05) is 6.54 Å². The van der Waals surface area contributed by atoms with E-state index < -0.39 is 0 Å². The molecule has 0 saturated heterocycles. The van der Waals surface area contributed by atoms with Crippen molar-refractivity contribution >= 4 is 11.8 Å². The third-order valence-electron chi connectivity index (χ3n) is 7.36. The lowest BCUT2D eigenvalue weighted by Gasteiger charge is -2.30. The molecule has 3 aromatic rings. The van der Waals surface area contributed by atoms with Gasteiger partial charge in [0.25, 0.3) is 0 Å². The van der Waals surface area contributed by atoms with Gasteiger partial charge in [0.05, 0.1) is 13.1 Å². The van der Waals surface area contributed by atoms with E-state index in [1.165, 1.54) is 37.8 Å². The predicted molar refractivity (Wildman–Crippen MR) is 160 cm³/mol. The SMILES string of the molecule is CCCCCCCCCC(=O)N(CC(=O)N(Cc1ccccc1)Cc1cccn1Cc1ccc(F)cc1)C(C)C. The van der Waals surface area contributed by atoms with Gasteiger partial charge >= 0.3 is 0 Å². The van der Waals surface area contributed by atoms with Crippen molar-refractivity contribution in [3.63, 3.8) is 0 Å². The summed E-state index contributed by atoms with van der Waals surface area (Å²) in [6.45, 7) is 7.70. The molecule has 0 fully saturated rings. The fourth-order valence-electron chi connectivity index (χ4n) is 4.95. The van der Waals surface area contributed by atoms with E-state index in [1.54, 1.807) is 17.0 Å². The molecular formula is C34H46FN3O2. The molecule has 0 unspecified atom stereocenters. The highest BCUT2D eigenvalue weighted by atomic mass is 19.1. The fraction of sp³-hybridized carbons (Fsp3) is 0.471. The number of hydrogen-bond donors (Lipinski definition) is 0. The van der Waals surface area contributed by atoms with E-state index in [4.69, 9.17) is 0 Å². The minimum Gasteiger partial charge on any atom is -0.345 e. The normalized spacial score (nSPS) is 11.1. The van der Waals surface area contributed by atoms with Gasteiger partial charge in [-0.3, -0.25) is 9.59 Å². The van der Waals surface area contributed by atoms with E-state index in [0.29, 0.717) is 26.1 Å². The van der Waals surface area contributed by atoms with Gasteiger partial charge < -0.3 is 14.4 Å². The summed E-state index contributed by atoms with van der Waals surface area (Å²) in [6, 6.07) is 20.4. The third-order valence-corrected chi connectivity index (χ3v) is 7.36. The lowest BCUT2D eigenvalue weighted by molar-refractivity contribution is -0.142. The quantitative estimate of drug-likeness (QED) is 0.164. The van der Waals surface area contributed by atoms with Crippen LogP contribution in [0, 0.1) is 5.82 Å². The Morgan fingerprint density at radius 1 is 0.775 bits per heavy atom. The zero-order valence-electron chi connectivity index (χ0n) is 24.5. The first-order chi connectivity index (χ1) is 19.4. The van der Waals surface area contributed by atoms with E-state index in [2.05, 4.69) is 11.5 Å². The molecule has 5 nitrogen and oxygen atoms in total. The molecule has 0 aliphatic carbocycles. The standard InChI is InChI=1S/C34H46FN3O2/c1-4-5-6-7-8-9-13-18-33(39)38(28(2)3)27-34(40)37(25-29-15-11-10-12-16-29)26-32-17-14-23-36(32)24-30-19-21-31(35)22-20-30/h10-12,14-17,19-23,28H,4-9,13,18,24-27H2,1-3H3. The second kappa shape index (κ2) is 16.6. The Balaban J connectivity index is 1.67. The first kappa shape index (κ1) is 31.1. The molecule has 0 radical (unpaired) electrons. The Morgan fingerprint density at radius 2 is 1.45 bits per heavy atom. The van der Waals surface area contributed by atoms with Gasteiger partial charge in [-0.1, -0.05) is 87.9 Å². The number of rotatable bonds is 17. The number of amides is 2. The van der Waals surface area contributed by atoms with Crippen molar-refractivity contribution in [1.29, 1.82) is 0 Å². The molecule has 3 rings (SSSR count). The van der Waals surface area contributed by atoms with Crippen LogP contribution in [0.3, 0.4) is 0 Å². The first-order valence-corrected chi connectivity index (χ1v) is 14.9. The molecule has 0 N–H and O–H groups in total. The Bertz CT molecular complexity index is 1160. The number of benzene rings is 2. The lowest BCUT2D eigenvalue weighted by Crippen LogP contribution is -2.45. The van der Waals surface area contributed by atoms with E-state index >= 15 is 0 Å². The Kier molecular flexibility index (Phi) is 12.9. The maximum atomic E-state index is 13.8. The number of halogens is 1. The molecule has 216 valence electrons. The molecular weight excluding hydrogens is 501 g/mol. The lowest BCUT2D eigenvalue weighted by atomic mass is 10.1. The monoisotopic (exact) mass is 547 g/mol. The summed E-state index contributed by atoms with van der Waals surface area (Å²) in [5.41, 5.74) is 3.01. The van der Waals surface area contributed by atoms with E-state index in [0.717, 1.165) is 36.1 Å². The van der Waals surface area contributed by atoms with Crippen LogP contribution in [0.25, 0.3) is 0 Å². The number of hydrogen-bond acceptors (Lipinski definition) is 2. The van der Waals surface area contributed by atoms with Crippen LogP contribution in [0.5, 0.6) is 0 Å². The Hall–Kier alpha value is -3.41. The zero-order chi connectivity index (χ0) is 28.7. The molecule has 1 aromatic heterocycles. The van der Waals surface area contributed by atoms with Gasteiger partial charge in [-0.15, -0.1) is 0 Å². The van der Waals surface area contributed by atoms with Gasteiger partial charge in [-0.05, 0) is 55.7 Å². The molecule has 0 atom stereocenters. The topological polar surface area (TPSA) is 45.6 Å². The molecule has 0 spiro atoms. The number of nitrogens with zero attached hydrogens (tertiary/aromatic N) is 3. The maximum absolute atomic E-state index is 13.8. The van der Waals surface area contributed by atoms with Gasteiger partial charge in [0.2, 0.25) is 11.8 Å². The number of carbonyl (C=O) groups excluding carboxylic acids is 2. The minimum absolute atomic E-state index is 0.0521. The Labute approximate surface area is 240 Å². The van der Waals surface area contributed by atoms with Crippen LogP contribution in [-0.2, 0) is 29.2 Å². The van der Waals surface area contributed by atoms with Crippen LogP contribution >= 0.6 is 0 Å². The third kappa shape index (κ3) is 10.3. The second-order valence-corrected chi connectivity index (χ2v) is 11.0. The highest BCUT2D eigenvalue weighted by Crippen LogP contribution is 2.16. The zero-order valence-corrected chi connectivity index (χ0v) is 24.5. The summed E-state index contributed by atoms with van der Waals surface area (Å²) in [7, 11) is 0. The average Bonchev–Trinajstić information content (AvgIpc) is 3.38. The summed E-state index contributed by atoms with van der Waals surface area (Å²) in [5, 5.41) is 0. The number of aromatic nitrogens is 1. The van der Waals surface area contributed by atoms with Crippen LogP contribution in [0.1, 0.15) is 89.0 Å². The van der Waals surface area contributed by atoms with Crippen LogP contribution in [0.15, 0.2) is 72.9 Å². The summed E-state index contributed by atoms with van der Waals surface area (Å²) < 4.78 is 15.5. The van der Waals surface area contributed by atoms with Crippen molar-refractivity contribution in [1.82, 2.24) is 14.4 Å². The predicted octanol–water partition coefficient (Wildman–Crippen LogP) is 7.58. The number of carbonyl (C=O) groups is 2. The first-order valence-electron chi connectivity index (χ1n) is 14.9. The van der Waals surface area contributed by atoms with Crippen LogP contribution in [0.4, 0.5) is 4.39 Å². The largest absolute Gasteiger partial charge is 0.345 e. The molecule has 40 heavy (non-hydrogen) atoms. The van der Waals surface area contributed by atoms with Crippen molar-refractivity contribution in [2.24, 2.45) is 0 Å². The van der Waals surface area contributed by atoms with E-state index in [1.807, 2.05) is 67.4 Å². The highest BCUT2D eigenvalue weighted by molar-refractivity contribution is 5.85. The molecule has 0 bridgehead atoms. The minimum atomic E-state index is -0.257. The summed E-state index contributed by atoms with van der Waals surface area (Å²) >= 11 is 0. The molecule has 0 aliphatic heterocycles. The van der Waals surface area contributed by atoms with Gasteiger partial charge in [-0.25, -0.2) is 4.39 Å². The molecule has 2 amide bonds. The van der Waals surface area contributed by atoms with Crippen LogP contribution < -0.4 is 0 Å². The summed E-state index contributed by atoms with van der Waals surface area (Å²) in [4.78, 5) is 30.5. The van der Waals surface area contributed by atoms with Crippen molar-refractivity contribution in [3.8, 4) is 0 Å². The molecule has 6 heteroatoms. The van der Waals surface area contributed by atoms with Gasteiger partial charge in [0.15, 0.2) is 0 Å². The molecule has 2 aromatic carbocycles. The smallest absolute Gasteiger partial charge is 0.242 e. The van der Waals surface area contributed by atoms with Crippen molar-refractivity contribution < 1.29 is 14.0 Å².